The third-order valence-electron chi connectivity index (χ3n) is 4.08. The molecule has 0 saturated heterocycles. The van der Waals surface area contributed by atoms with Crippen LogP contribution >= 0.6 is 22.9 Å². The Morgan fingerprint density at radius 3 is 2.85 bits per heavy atom. The van der Waals surface area contributed by atoms with Gasteiger partial charge >= 0.3 is 0 Å². The number of aryl methyl sites for hydroxylation is 1. The number of fused-ring (bicyclic) bond motifs is 1. The fourth-order valence-electron chi connectivity index (χ4n) is 2.76. The van der Waals surface area contributed by atoms with E-state index in [1.807, 2.05) is 54.1 Å². The van der Waals surface area contributed by atoms with Gasteiger partial charge in [-0.2, -0.15) is 5.10 Å². The summed E-state index contributed by atoms with van der Waals surface area (Å²) >= 11 is 7.40. The van der Waals surface area contributed by atoms with E-state index < -0.39 is 0 Å². The van der Waals surface area contributed by atoms with Crippen molar-refractivity contribution in [2.24, 2.45) is 0 Å². The van der Waals surface area contributed by atoms with E-state index in [0.29, 0.717) is 22.9 Å². The van der Waals surface area contributed by atoms with Crippen LogP contribution in [-0.2, 0) is 6.42 Å². The maximum Gasteiger partial charge on any atom is 0.261 e. The largest absolute Gasteiger partial charge is 0.469 e. The summed E-state index contributed by atoms with van der Waals surface area (Å²) in [5.74, 6) is 0.774. The molecule has 0 saturated carbocycles. The van der Waals surface area contributed by atoms with E-state index in [1.54, 1.807) is 6.26 Å². The molecule has 3 aromatic heterocycles. The Bertz CT molecular complexity index is 1050. The highest BCUT2D eigenvalue weighted by atomic mass is 35.5. The number of nitrogens with zero attached hydrogens (tertiary/aromatic N) is 2. The molecular formula is C19H16ClN3O2S. The fourth-order valence-corrected chi connectivity index (χ4v) is 3.98. The van der Waals surface area contributed by atoms with Crippen molar-refractivity contribution < 1.29 is 9.21 Å². The monoisotopic (exact) mass is 385 g/mol. The predicted molar refractivity (Wildman–Crippen MR) is 103 cm³/mol. The van der Waals surface area contributed by atoms with E-state index in [9.17, 15) is 4.79 Å². The van der Waals surface area contributed by atoms with Crippen LogP contribution in [0.5, 0.6) is 0 Å². The smallest absolute Gasteiger partial charge is 0.261 e. The molecule has 0 aliphatic rings. The van der Waals surface area contributed by atoms with Gasteiger partial charge in [0.25, 0.3) is 5.91 Å². The van der Waals surface area contributed by atoms with Crippen molar-refractivity contribution >= 4 is 39.1 Å². The number of aromatic nitrogens is 2. The lowest BCUT2D eigenvalue weighted by Crippen LogP contribution is -2.24. The topological polar surface area (TPSA) is 60.1 Å². The van der Waals surface area contributed by atoms with Crippen LogP contribution < -0.4 is 5.32 Å². The molecule has 4 aromatic rings. The van der Waals surface area contributed by atoms with Gasteiger partial charge in [0.2, 0.25) is 0 Å². The molecule has 26 heavy (non-hydrogen) atoms. The minimum atomic E-state index is -0.0835. The first-order chi connectivity index (χ1) is 12.6. The lowest BCUT2D eigenvalue weighted by atomic mass is 10.3. The molecule has 4 rings (SSSR count). The highest BCUT2D eigenvalue weighted by Gasteiger charge is 2.17. The summed E-state index contributed by atoms with van der Waals surface area (Å²) in [6.45, 7) is 2.48. The number of hydrogen-bond acceptors (Lipinski definition) is 4. The van der Waals surface area contributed by atoms with Gasteiger partial charge in [0, 0.05) is 23.4 Å². The molecule has 0 fully saturated rings. The normalized spacial score (nSPS) is 11.2. The number of thiophene rings is 1. The van der Waals surface area contributed by atoms with Crippen LogP contribution in [0.15, 0.2) is 53.1 Å². The minimum Gasteiger partial charge on any atom is -0.469 e. The summed E-state index contributed by atoms with van der Waals surface area (Å²) in [5, 5.41) is 9.19. The van der Waals surface area contributed by atoms with Gasteiger partial charge in [0.15, 0.2) is 0 Å². The van der Waals surface area contributed by atoms with E-state index in [1.165, 1.54) is 11.3 Å². The van der Waals surface area contributed by atoms with Crippen molar-refractivity contribution in [3.63, 3.8) is 0 Å². The van der Waals surface area contributed by atoms with Crippen LogP contribution in [0.25, 0.3) is 15.9 Å². The Morgan fingerprint density at radius 1 is 1.31 bits per heavy atom. The molecule has 0 atom stereocenters. The molecule has 0 radical (unpaired) electrons. The van der Waals surface area contributed by atoms with Crippen molar-refractivity contribution in [3.05, 3.63) is 70.1 Å². The Balaban J connectivity index is 1.56. The number of nitrogens with one attached hydrogen (secondary N) is 1. The lowest BCUT2D eigenvalue weighted by Gasteiger charge is -2.03. The van der Waals surface area contributed by atoms with Crippen molar-refractivity contribution in [1.29, 1.82) is 0 Å². The second-order valence-corrected chi connectivity index (χ2v) is 7.36. The Kier molecular flexibility index (Phi) is 4.53. The SMILES string of the molecule is Cc1nn(-c2ccc(Cl)cc2)c2sc(C(=O)NCCc3ccco3)cc12. The molecule has 3 heterocycles. The molecule has 1 amide bonds. The second kappa shape index (κ2) is 6.97. The first-order valence-electron chi connectivity index (χ1n) is 8.17. The summed E-state index contributed by atoms with van der Waals surface area (Å²) in [6, 6.07) is 13.1. The summed E-state index contributed by atoms with van der Waals surface area (Å²) in [4.78, 5) is 14.1. The van der Waals surface area contributed by atoms with Gasteiger partial charge < -0.3 is 9.73 Å². The summed E-state index contributed by atoms with van der Waals surface area (Å²) in [7, 11) is 0. The van der Waals surface area contributed by atoms with Gasteiger partial charge in [-0.25, -0.2) is 4.68 Å². The molecule has 0 aliphatic carbocycles. The van der Waals surface area contributed by atoms with Gasteiger partial charge in [0.05, 0.1) is 22.5 Å². The Labute approximate surface area is 159 Å². The molecule has 1 N–H and O–H groups in total. The summed E-state index contributed by atoms with van der Waals surface area (Å²) < 4.78 is 7.13. The highest BCUT2D eigenvalue weighted by molar-refractivity contribution is 7.20. The Morgan fingerprint density at radius 2 is 2.12 bits per heavy atom. The number of furan rings is 1. The molecular weight excluding hydrogens is 370 g/mol. The van der Waals surface area contributed by atoms with Crippen LogP contribution in [0.1, 0.15) is 21.1 Å². The van der Waals surface area contributed by atoms with Gasteiger partial charge in [0.1, 0.15) is 10.6 Å². The maximum atomic E-state index is 12.5. The van der Waals surface area contributed by atoms with Crippen molar-refractivity contribution in [1.82, 2.24) is 15.1 Å². The van der Waals surface area contributed by atoms with Gasteiger partial charge in [-0.1, -0.05) is 11.6 Å². The zero-order valence-electron chi connectivity index (χ0n) is 14.0. The standard InChI is InChI=1S/C19H16ClN3O2S/c1-12-16-11-17(18(24)21-9-8-15-3-2-10-25-15)26-19(16)23(22-12)14-6-4-13(20)5-7-14/h2-7,10-11H,8-9H2,1H3,(H,21,24). The van der Waals surface area contributed by atoms with E-state index in [4.69, 9.17) is 16.0 Å². The predicted octanol–water partition coefficient (Wildman–Crippen LogP) is 4.61. The van der Waals surface area contributed by atoms with E-state index in [0.717, 1.165) is 27.4 Å². The van der Waals surface area contributed by atoms with Gasteiger partial charge in [-0.15, -0.1) is 11.3 Å². The van der Waals surface area contributed by atoms with Crippen LogP contribution in [-0.4, -0.2) is 22.2 Å². The molecule has 1 aromatic carbocycles. The van der Waals surface area contributed by atoms with E-state index in [-0.39, 0.29) is 5.91 Å². The van der Waals surface area contributed by atoms with Crippen molar-refractivity contribution in [3.8, 4) is 5.69 Å². The van der Waals surface area contributed by atoms with Gasteiger partial charge in [-0.05, 0) is 49.4 Å². The van der Waals surface area contributed by atoms with Gasteiger partial charge in [-0.3, -0.25) is 4.79 Å². The average molecular weight is 386 g/mol. The van der Waals surface area contributed by atoms with Crippen LogP contribution in [0.3, 0.4) is 0 Å². The molecule has 5 nitrogen and oxygen atoms in total. The zero-order valence-corrected chi connectivity index (χ0v) is 15.6. The number of carbonyl (C=O) groups excluding carboxylic acids is 1. The van der Waals surface area contributed by atoms with Crippen LogP contribution in [0.4, 0.5) is 0 Å². The number of carbonyl (C=O) groups is 1. The number of benzene rings is 1. The second-order valence-electron chi connectivity index (χ2n) is 5.89. The van der Waals surface area contributed by atoms with Crippen LogP contribution in [0.2, 0.25) is 5.02 Å². The first kappa shape index (κ1) is 16.9. The average Bonchev–Trinajstić information content (AvgIpc) is 3.34. The third kappa shape index (κ3) is 3.25. The summed E-state index contributed by atoms with van der Waals surface area (Å²) in [6.07, 6.45) is 2.30. The summed E-state index contributed by atoms with van der Waals surface area (Å²) in [5.41, 5.74) is 1.81. The molecule has 0 aliphatic heterocycles. The van der Waals surface area contributed by atoms with Crippen molar-refractivity contribution in [2.45, 2.75) is 13.3 Å². The minimum absolute atomic E-state index is 0.0835. The Hall–Kier alpha value is -2.57. The quantitative estimate of drug-likeness (QED) is 0.545. The van der Waals surface area contributed by atoms with Crippen molar-refractivity contribution in [2.75, 3.05) is 6.54 Å². The lowest BCUT2D eigenvalue weighted by molar-refractivity contribution is 0.0958. The third-order valence-corrected chi connectivity index (χ3v) is 5.44. The number of halogens is 1. The molecule has 0 unspecified atom stereocenters. The number of hydrogen-bond donors (Lipinski definition) is 1. The highest BCUT2D eigenvalue weighted by Crippen LogP contribution is 2.30. The van der Waals surface area contributed by atoms with E-state index >= 15 is 0 Å². The number of amides is 1. The molecule has 132 valence electrons. The fraction of sp³-hybridized carbons (Fsp3) is 0.158. The zero-order chi connectivity index (χ0) is 18.1. The molecule has 0 bridgehead atoms. The van der Waals surface area contributed by atoms with E-state index in [2.05, 4.69) is 10.4 Å². The molecule has 0 spiro atoms. The number of rotatable bonds is 5. The maximum absolute atomic E-state index is 12.5. The molecule has 7 heteroatoms. The first-order valence-corrected chi connectivity index (χ1v) is 9.37. The van der Waals surface area contributed by atoms with Crippen LogP contribution in [0, 0.1) is 6.92 Å².